The predicted molar refractivity (Wildman–Crippen MR) is 111 cm³/mol. The summed E-state index contributed by atoms with van der Waals surface area (Å²) in [7, 11) is -3.52. The van der Waals surface area contributed by atoms with E-state index in [1.54, 1.807) is 12.1 Å². The Labute approximate surface area is 168 Å². The SMILES string of the molecule is CC(=O)c1ccc(S(=O)(=O)N2CCN(Cc3ccc(C(C)C)cc3)CC2)cc1. The zero-order chi connectivity index (χ0) is 20.3. The maximum absolute atomic E-state index is 12.9. The van der Waals surface area contributed by atoms with Gasteiger partial charge in [-0.3, -0.25) is 9.69 Å². The number of nitrogens with zero attached hydrogens (tertiary/aromatic N) is 2. The molecule has 0 aliphatic carbocycles. The summed E-state index contributed by atoms with van der Waals surface area (Å²) in [5.74, 6) is 0.450. The van der Waals surface area contributed by atoms with Crippen LogP contribution in [0.25, 0.3) is 0 Å². The van der Waals surface area contributed by atoms with Crippen molar-refractivity contribution in [1.29, 1.82) is 0 Å². The molecule has 0 saturated carbocycles. The van der Waals surface area contributed by atoms with E-state index in [0.29, 0.717) is 37.7 Å². The molecular weight excluding hydrogens is 372 g/mol. The van der Waals surface area contributed by atoms with Crippen molar-refractivity contribution in [2.75, 3.05) is 26.2 Å². The van der Waals surface area contributed by atoms with Crippen molar-refractivity contribution >= 4 is 15.8 Å². The molecule has 1 fully saturated rings. The molecule has 5 nitrogen and oxygen atoms in total. The Morgan fingerprint density at radius 2 is 1.50 bits per heavy atom. The molecule has 3 rings (SSSR count). The standard InChI is InChI=1S/C22H28N2O3S/c1-17(2)20-6-4-19(5-7-20)16-23-12-14-24(15-13-23)28(26,27)22-10-8-21(9-11-22)18(3)25/h4-11,17H,12-16H2,1-3H3. The van der Waals surface area contributed by atoms with Gasteiger partial charge in [-0.05, 0) is 36.1 Å². The van der Waals surface area contributed by atoms with Crippen LogP contribution in [0.5, 0.6) is 0 Å². The summed E-state index contributed by atoms with van der Waals surface area (Å²) < 4.78 is 27.3. The molecule has 0 amide bonds. The molecule has 2 aromatic rings. The van der Waals surface area contributed by atoms with Crippen molar-refractivity contribution in [1.82, 2.24) is 9.21 Å². The Morgan fingerprint density at radius 1 is 0.929 bits per heavy atom. The molecule has 150 valence electrons. The number of ketones is 1. The summed E-state index contributed by atoms with van der Waals surface area (Å²) in [6.07, 6.45) is 0. The smallest absolute Gasteiger partial charge is 0.243 e. The highest BCUT2D eigenvalue weighted by Crippen LogP contribution is 2.20. The fraction of sp³-hybridized carbons (Fsp3) is 0.409. The molecule has 0 aromatic heterocycles. The first-order chi connectivity index (χ1) is 13.3. The third-order valence-electron chi connectivity index (χ3n) is 5.28. The summed E-state index contributed by atoms with van der Waals surface area (Å²) >= 11 is 0. The third-order valence-corrected chi connectivity index (χ3v) is 7.20. The number of carbonyl (C=O) groups excluding carboxylic acids is 1. The minimum absolute atomic E-state index is 0.0704. The van der Waals surface area contributed by atoms with E-state index in [0.717, 1.165) is 6.54 Å². The molecule has 0 spiro atoms. The monoisotopic (exact) mass is 400 g/mol. The molecule has 0 unspecified atom stereocenters. The highest BCUT2D eigenvalue weighted by Gasteiger charge is 2.28. The number of hydrogen-bond donors (Lipinski definition) is 0. The van der Waals surface area contributed by atoms with E-state index in [-0.39, 0.29) is 10.7 Å². The van der Waals surface area contributed by atoms with Crippen molar-refractivity contribution in [3.05, 3.63) is 65.2 Å². The molecular formula is C22H28N2O3S. The Morgan fingerprint density at radius 3 is 2.00 bits per heavy atom. The first-order valence-corrected chi connectivity index (χ1v) is 11.1. The van der Waals surface area contributed by atoms with Gasteiger partial charge in [-0.2, -0.15) is 4.31 Å². The molecule has 0 radical (unpaired) electrons. The lowest BCUT2D eigenvalue weighted by Crippen LogP contribution is -2.48. The average Bonchev–Trinajstić information content (AvgIpc) is 2.69. The molecule has 1 aliphatic heterocycles. The lowest BCUT2D eigenvalue weighted by Gasteiger charge is -2.34. The summed E-state index contributed by atoms with van der Waals surface area (Å²) in [5, 5.41) is 0. The fourth-order valence-electron chi connectivity index (χ4n) is 3.40. The number of benzene rings is 2. The van der Waals surface area contributed by atoms with Gasteiger partial charge >= 0.3 is 0 Å². The second-order valence-corrected chi connectivity index (χ2v) is 9.60. The van der Waals surface area contributed by atoms with E-state index in [9.17, 15) is 13.2 Å². The Hall–Kier alpha value is -2.02. The van der Waals surface area contributed by atoms with Gasteiger partial charge in [0.2, 0.25) is 10.0 Å². The van der Waals surface area contributed by atoms with Crippen LogP contribution in [0.4, 0.5) is 0 Å². The zero-order valence-corrected chi connectivity index (χ0v) is 17.6. The van der Waals surface area contributed by atoms with E-state index in [2.05, 4.69) is 43.0 Å². The number of sulfonamides is 1. The van der Waals surface area contributed by atoms with Gasteiger partial charge in [-0.1, -0.05) is 50.2 Å². The maximum atomic E-state index is 12.9. The lowest BCUT2D eigenvalue weighted by molar-refractivity contribution is 0.101. The highest BCUT2D eigenvalue weighted by atomic mass is 32.2. The Balaban J connectivity index is 1.60. The lowest BCUT2D eigenvalue weighted by atomic mass is 10.0. The zero-order valence-electron chi connectivity index (χ0n) is 16.8. The van der Waals surface area contributed by atoms with Crippen LogP contribution in [0.2, 0.25) is 0 Å². The molecule has 1 aliphatic rings. The fourth-order valence-corrected chi connectivity index (χ4v) is 4.83. The molecule has 1 saturated heterocycles. The van der Waals surface area contributed by atoms with E-state index in [1.807, 2.05) is 0 Å². The van der Waals surface area contributed by atoms with Gasteiger partial charge in [0.1, 0.15) is 0 Å². The molecule has 1 heterocycles. The first kappa shape index (κ1) is 20.7. The van der Waals surface area contributed by atoms with E-state index < -0.39 is 10.0 Å². The van der Waals surface area contributed by atoms with Gasteiger partial charge in [0, 0.05) is 38.3 Å². The second kappa shape index (κ2) is 8.55. The molecule has 0 bridgehead atoms. The number of carbonyl (C=O) groups is 1. The van der Waals surface area contributed by atoms with Crippen LogP contribution in [0.15, 0.2) is 53.4 Å². The summed E-state index contributed by atoms with van der Waals surface area (Å²) in [5.41, 5.74) is 3.10. The minimum Gasteiger partial charge on any atom is -0.296 e. The molecule has 0 atom stereocenters. The van der Waals surface area contributed by atoms with Gasteiger partial charge in [0.25, 0.3) is 0 Å². The van der Waals surface area contributed by atoms with Gasteiger partial charge < -0.3 is 0 Å². The van der Waals surface area contributed by atoms with Gasteiger partial charge in [0.05, 0.1) is 4.90 Å². The predicted octanol–water partition coefficient (Wildman–Crippen LogP) is 3.52. The summed E-state index contributed by atoms with van der Waals surface area (Å²) in [6.45, 7) is 9.03. The van der Waals surface area contributed by atoms with Crippen LogP contribution in [0, 0.1) is 0 Å². The molecule has 2 aromatic carbocycles. The normalized spacial score (nSPS) is 16.4. The van der Waals surface area contributed by atoms with Crippen molar-refractivity contribution in [3.63, 3.8) is 0 Å². The molecule has 0 N–H and O–H groups in total. The highest BCUT2D eigenvalue weighted by molar-refractivity contribution is 7.89. The number of piperazine rings is 1. The first-order valence-electron chi connectivity index (χ1n) is 9.69. The number of rotatable bonds is 6. The largest absolute Gasteiger partial charge is 0.296 e. The van der Waals surface area contributed by atoms with Crippen LogP contribution in [-0.4, -0.2) is 49.6 Å². The van der Waals surface area contributed by atoms with Crippen LogP contribution in [0.1, 0.15) is 48.2 Å². The van der Waals surface area contributed by atoms with Crippen molar-refractivity contribution in [3.8, 4) is 0 Å². The molecule has 28 heavy (non-hydrogen) atoms. The number of hydrogen-bond acceptors (Lipinski definition) is 4. The van der Waals surface area contributed by atoms with Crippen molar-refractivity contribution in [2.24, 2.45) is 0 Å². The summed E-state index contributed by atoms with van der Waals surface area (Å²) in [6, 6.07) is 14.9. The van der Waals surface area contributed by atoms with Gasteiger partial charge in [-0.25, -0.2) is 8.42 Å². The topological polar surface area (TPSA) is 57.7 Å². The number of Topliss-reactive ketones (excluding diaryl/α,β-unsaturated/α-hetero) is 1. The van der Waals surface area contributed by atoms with Crippen LogP contribution in [0.3, 0.4) is 0 Å². The maximum Gasteiger partial charge on any atom is 0.243 e. The second-order valence-electron chi connectivity index (χ2n) is 7.66. The summed E-state index contributed by atoms with van der Waals surface area (Å²) in [4.78, 5) is 13.9. The quantitative estimate of drug-likeness (QED) is 0.696. The van der Waals surface area contributed by atoms with E-state index in [1.165, 1.54) is 34.5 Å². The minimum atomic E-state index is -3.52. The van der Waals surface area contributed by atoms with Crippen LogP contribution >= 0.6 is 0 Å². The molecule has 6 heteroatoms. The van der Waals surface area contributed by atoms with Crippen molar-refractivity contribution in [2.45, 2.75) is 38.1 Å². The van der Waals surface area contributed by atoms with Gasteiger partial charge in [0.15, 0.2) is 5.78 Å². The average molecular weight is 401 g/mol. The van der Waals surface area contributed by atoms with E-state index in [4.69, 9.17) is 0 Å². The van der Waals surface area contributed by atoms with Crippen LogP contribution < -0.4 is 0 Å². The third kappa shape index (κ3) is 4.69. The van der Waals surface area contributed by atoms with Crippen LogP contribution in [-0.2, 0) is 16.6 Å². The Kier molecular flexibility index (Phi) is 6.33. The van der Waals surface area contributed by atoms with E-state index >= 15 is 0 Å². The van der Waals surface area contributed by atoms with Crippen molar-refractivity contribution < 1.29 is 13.2 Å². The Bertz CT molecular complexity index is 911. The van der Waals surface area contributed by atoms with Gasteiger partial charge in [-0.15, -0.1) is 0 Å².